The summed E-state index contributed by atoms with van der Waals surface area (Å²) in [6.07, 6.45) is 1.77. The lowest BCUT2D eigenvalue weighted by Gasteiger charge is -2.24. The van der Waals surface area contributed by atoms with Gasteiger partial charge in [-0.05, 0) is 78.6 Å². The summed E-state index contributed by atoms with van der Waals surface area (Å²) in [4.78, 5) is 15.3. The summed E-state index contributed by atoms with van der Waals surface area (Å²) in [5.74, 6) is 3.63. The van der Waals surface area contributed by atoms with E-state index in [1.807, 2.05) is 24.3 Å². The number of aliphatic imine (C=N–C) groups is 2. The molecule has 6 heteroatoms. The third-order valence-electron chi connectivity index (χ3n) is 8.68. The Morgan fingerprint density at radius 3 is 1.33 bits per heavy atom. The van der Waals surface area contributed by atoms with Crippen molar-refractivity contribution in [1.82, 2.24) is 0 Å². The zero-order valence-corrected chi connectivity index (χ0v) is 26.3. The molecule has 0 spiro atoms. The van der Waals surface area contributed by atoms with Crippen molar-refractivity contribution < 1.29 is 9.47 Å². The zero-order valence-electron chi connectivity index (χ0n) is 26.3. The Kier molecular flexibility index (Phi) is 8.51. The molecule has 0 N–H and O–H groups in total. The first-order valence-corrected chi connectivity index (χ1v) is 15.8. The van der Waals surface area contributed by atoms with Crippen molar-refractivity contribution in [2.45, 2.75) is 24.9 Å². The first-order chi connectivity index (χ1) is 22.7. The summed E-state index contributed by atoms with van der Waals surface area (Å²) >= 11 is 0. The largest absolute Gasteiger partial charge is 0.497 e. The Hall–Kier alpha value is -5.36. The fourth-order valence-corrected chi connectivity index (χ4v) is 6.39. The zero-order chi connectivity index (χ0) is 31.3. The second-order valence-electron chi connectivity index (χ2n) is 11.8. The van der Waals surface area contributed by atoms with Gasteiger partial charge in [0.05, 0.1) is 26.3 Å². The van der Waals surface area contributed by atoms with Crippen molar-refractivity contribution in [3.05, 3.63) is 156 Å². The van der Waals surface area contributed by atoms with Crippen LogP contribution < -0.4 is 19.3 Å². The van der Waals surface area contributed by atoms with Gasteiger partial charge in [0.2, 0.25) is 0 Å². The summed E-state index contributed by atoms with van der Waals surface area (Å²) in [5, 5.41) is 0. The lowest BCUT2D eigenvalue weighted by Crippen LogP contribution is -2.31. The lowest BCUT2D eigenvalue weighted by atomic mass is 10.1. The highest BCUT2D eigenvalue weighted by Gasteiger charge is 2.31. The molecule has 0 aromatic heterocycles. The molecule has 0 saturated carbocycles. The van der Waals surface area contributed by atoms with E-state index < -0.39 is 0 Å². The number of nitrogens with zero attached hydrogens (tertiary/aromatic N) is 4. The van der Waals surface area contributed by atoms with Crippen molar-refractivity contribution in [3.8, 4) is 11.5 Å². The molecule has 2 aliphatic rings. The summed E-state index contributed by atoms with van der Waals surface area (Å²) in [6.45, 7) is 1.61. The Morgan fingerprint density at radius 2 is 0.935 bits per heavy atom. The van der Waals surface area contributed by atoms with Gasteiger partial charge in [-0.3, -0.25) is 9.98 Å². The van der Waals surface area contributed by atoms with Gasteiger partial charge in [-0.2, -0.15) is 0 Å². The number of anilines is 2. The third kappa shape index (κ3) is 6.38. The van der Waals surface area contributed by atoms with Crippen LogP contribution in [0.1, 0.15) is 22.3 Å². The maximum atomic E-state index is 5.45. The van der Waals surface area contributed by atoms with Crippen LogP contribution in [0, 0.1) is 0 Å². The number of hydrogen-bond acceptors (Lipinski definition) is 6. The van der Waals surface area contributed by atoms with Crippen LogP contribution in [-0.4, -0.2) is 51.1 Å². The van der Waals surface area contributed by atoms with Gasteiger partial charge in [0.1, 0.15) is 23.2 Å². The number of methoxy groups -OCH3 is 2. The van der Waals surface area contributed by atoms with Crippen LogP contribution in [0.25, 0.3) is 0 Å². The first-order valence-electron chi connectivity index (χ1n) is 15.8. The van der Waals surface area contributed by atoms with Crippen molar-refractivity contribution in [2.75, 3.05) is 37.1 Å². The average Bonchev–Trinajstić information content (AvgIpc) is 3.74. The molecule has 0 amide bonds. The van der Waals surface area contributed by atoms with Crippen LogP contribution in [0.15, 0.2) is 143 Å². The van der Waals surface area contributed by atoms with Gasteiger partial charge in [0, 0.05) is 35.6 Å². The fourth-order valence-electron chi connectivity index (χ4n) is 6.39. The highest BCUT2D eigenvalue weighted by atomic mass is 16.5. The summed E-state index contributed by atoms with van der Waals surface area (Å²) in [7, 11) is 3.40. The number of hydrogen-bond donors (Lipinski definition) is 0. The van der Waals surface area contributed by atoms with E-state index in [0.29, 0.717) is 0 Å². The van der Waals surface area contributed by atoms with E-state index >= 15 is 0 Å². The molecule has 2 heterocycles. The van der Waals surface area contributed by atoms with E-state index in [1.165, 1.54) is 11.1 Å². The normalized spacial score (nSPS) is 17.5. The smallest absolute Gasteiger partial charge is 0.135 e. The molecule has 5 aromatic carbocycles. The molecule has 6 nitrogen and oxygen atoms in total. The van der Waals surface area contributed by atoms with Crippen molar-refractivity contribution in [2.24, 2.45) is 9.98 Å². The molecular formula is C40H38N4O2. The van der Waals surface area contributed by atoms with Crippen LogP contribution in [0.4, 0.5) is 11.4 Å². The molecule has 0 saturated heterocycles. The second-order valence-corrected chi connectivity index (χ2v) is 11.8. The molecule has 5 aromatic rings. The maximum Gasteiger partial charge on any atom is 0.135 e. The quantitative estimate of drug-likeness (QED) is 0.166. The Bertz CT molecular complexity index is 1690. The number of benzene rings is 5. The van der Waals surface area contributed by atoms with E-state index in [1.54, 1.807) is 14.2 Å². The second kappa shape index (κ2) is 13.3. The summed E-state index contributed by atoms with van der Waals surface area (Å²) in [5.41, 5.74) is 6.94. The van der Waals surface area contributed by atoms with Crippen LogP contribution in [0.3, 0.4) is 0 Å². The van der Waals surface area contributed by atoms with E-state index in [4.69, 9.17) is 19.5 Å². The van der Waals surface area contributed by atoms with Crippen LogP contribution in [0.2, 0.25) is 0 Å². The van der Waals surface area contributed by atoms with Gasteiger partial charge < -0.3 is 19.3 Å². The maximum absolute atomic E-state index is 5.45. The molecule has 230 valence electrons. The van der Waals surface area contributed by atoms with Crippen LogP contribution in [-0.2, 0) is 12.8 Å². The van der Waals surface area contributed by atoms with Crippen LogP contribution in [0.5, 0.6) is 11.5 Å². The van der Waals surface area contributed by atoms with Gasteiger partial charge in [0.25, 0.3) is 0 Å². The minimum Gasteiger partial charge on any atom is -0.497 e. The molecule has 0 aliphatic carbocycles. The van der Waals surface area contributed by atoms with Gasteiger partial charge >= 0.3 is 0 Å². The van der Waals surface area contributed by atoms with Gasteiger partial charge in [-0.15, -0.1) is 0 Å². The average molecular weight is 607 g/mol. The predicted molar refractivity (Wildman–Crippen MR) is 188 cm³/mol. The number of ether oxygens (including phenoxy) is 2. The highest BCUT2D eigenvalue weighted by Crippen LogP contribution is 2.30. The van der Waals surface area contributed by atoms with Crippen molar-refractivity contribution in [1.29, 1.82) is 0 Å². The molecule has 2 aliphatic heterocycles. The summed E-state index contributed by atoms with van der Waals surface area (Å²) in [6, 6.07) is 46.8. The third-order valence-corrected chi connectivity index (χ3v) is 8.68. The molecule has 0 radical (unpaired) electrons. The predicted octanol–water partition coefficient (Wildman–Crippen LogP) is 7.46. The molecule has 0 unspecified atom stereocenters. The topological polar surface area (TPSA) is 49.7 Å². The van der Waals surface area contributed by atoms with Gasteiger partial charge in [-0.25, -0.2) is 0 Å². The Labute approximate surface area is 271 Å². The van der Waals surface area contributed by atoms with Gasteiger partial charge in [-0.1, -0.05) is 78.9 Å². The summed E-state index contributed by atoms with van der Waals surface area (Å²) < 4.78 is 10.9. The standard InChI is InChI=1S/C40H38N4O2/c1-45-37-20-16-35(17-21-37)43-27-33(24-29-10-5-3-6-11-29)41-39(43)31-14-9-15-32(26-31)40-42-34(25-30-12-7-4-8-13-30)28-44(40)36-18-22-38(46-2)23-19-36/h3-23,26,33-34H,24-25,27-28H2,1-2H3/t33-,34-/m0/s1. The molecule has 46 heavy (non-hydrogen) atoms. The van der Waals surface area contributed by atoms with E-state index in [-0.39, 0.29) is 12.1 Å². The Morgan fingerprint density at radius 1 is 0.522 bits per heavy atom. The van der Waals surface area contributed by atoms with E-state index in [9.17, 15) is 0 Å². The molecule has 0 bridgehead atoms. The molecular weight excluding hydrogens is 568 g/mol. The van der Waals surface area contributed by atoms with Gasteiger partial charge in [0.15, 0.2) is 0 Å². The van der Waals surface area contributed by atoms with Crippen molar-refractivity contribution >= 4 is 23.0 Å². The minimum absolute atomic E-state index is 0.137. The van der Waals surface area contributed by atoms with Crippen LogP contribution >= 0.6 is 0 Å². The highest BCUT2D eigenvalue weighted by molar-refractivity contribution is 6.15. The van der Waals surface area contributed by atoms with E-state index in [0.717, 1.165) is 71.6 Å². The SMILES string of the molecule is COc1ccc(N2C[C@H](Cc3ccccc3)N=C2c2cccc(C3=N[C@@H](Cc4ccccc4)CN3c3ccc(OC)cc3)c2)cc1. The van der Waals surface area contributed by atoms with E-state index in [2.05, 4.69) is 119 Å². The minimum atomic E-state index is 0.137. The first kappa shape index (κ1) is 29.4. The monoisotopic (exact) mass is 606 g/mol. The fraction of sp³-hybridized carbons (Fsp3) is 0.200. The molecule has 2 atom stereocenters. The molecule has 7 rings (SSSR count). The number of rotatable bonds is 10. The van der Waals surface area contributed by atoms with Crippen molar-refractivity contribution in [3.63, 3.8) is 0 Å². The Balaban J connectivity index is 1.24. The number of amidine groups is 2. The molecule has 0 fully saturated rings. The lowest BCUT2D eigenvalue weighted by molar-refractivity contribution is 0.414.